The van der Waals surface area contributed by atoms with Gasteiger partial charge in [0.05, 0.1) is 13.1 Å². The zero-order chi connectivity index (χ0) is 24.1. The van der Waals surface area contributed by atoms with Gasteiger partial charge in [-0.3, -0.25) is 16.0 Å². The summed E-state index contributed by atoms with van der Waals surface area (Å²) in [4.78, 5) is 3.32. The van der Waals surface area contributed by atoms with Crippen molar-refractivity contribution in [2.24, 2.45) is 5.73 Å². The molecule has 0 radical (unpaired) electrons. The van der Waals surface area contributed by atoms with Crippen LogP contribution in [0.5, 0.6) is 0 Å². The molecule has 6 nitrogen and oxygen atoms in total. The molecule has 0 unspecified atom stereocenters. The molecular formula is C29H68N6. The molecule has 0 aliphatic heterocycles. The summed E-state index contributed by atoms with van der Waals surface area (Å²) in [7, 11) is 2.03. The number of hydrogen-bond acceptors (Lipinski definition) is 3. The number of nitrogens with one attached hydrogen (secondary N) is 5. The summed E-state index contributed by atoms with van der Waals surface area (Å²) in [6.07, 6.45) is 22.3. The second kappa shape index (κ2) is 35.3. The van der Waals surface area contributed by atoms with Gasteiger partial charge in [0.1, 0.15) is 0 Å². The first-order valence-corrected chi connectivity index (χ1v) is 14.5. The lowest BCUT2D eigenvalue weighted by Gasteiger charge is -2.05. The first kappa shape index (κ1) is 38.7. The SMILES string of the molecule is C.CCCCCCCNCCCCCCNC(N)=[NH+]CCCCCCNCCCCCCNC.[CH3-]. The molecule has 0 fully saturated rings. The van der Waals surface area contributed by atoms with E-state index in [4.69, 9.17) is 5.73 Å². The Morgan fingerprint density at radius 2 is 0.971 bits per heavy atom. The summed E-state index contributed by atoms with van der Waals surface area (Å²) < 4.78 is 0. The number of nitrogens with two attached hydrogens (primary N) is 1. The number of rotatable bonds is 27. The first-order chi connectivity index (χ1) is 16.3. The van der Waals surface area contributed by atoms with E-state index < -0.39 is 0 Å². The standard InChI is InChI=1S/C27H60N6.CH4.CH3/c1-3-4-5-6-14-21-30-23-16-9-11-18-25-32-27(28)33-26-19-12-10-17-24-31-22-15-8-7-13-20-29-2;;/h29-31H,3-26H2,1-2H3,(H3,28,32,33);1H4;1H3/q;;-1/p+1. The minimum atomic E-state index is 0. The molecule has 0 aliphatic rings. The van der Waals surface area contributed by atoms with E-state index >= 15 is 0 Å². The predicted octanol–water partition coefficient (Wildman–Crippen LogP) is 4.11. The summed E-state index contributed by atoms with van der Waals surface area (Å²) in [5.74, 6) is 0.746. The Morgan fingerprint density at radius 1 is 0.571 bits per heavy atom. The van der Waals surface area contributed by atoms with Gasteiger partial charge in [-0.2, -0.15) is 0 Å². The van der Waals surface area contributed by atoms with Crippen LogP contribution in [-0.4, -0.2) is 58.8 Å². The van der Waals surface area contributed by atoms with E-state index in [1.54, 1.807) is 0 Å². The minimum absolute atomic E-state index is 0. The van der Waals surface area contributed by atoms with Gasteiger partial charge in [0, 0.05) is 0 Å². The van der Waals surface area contributed by atoms with Gasteiger partial charge in [0.15, 0.2) is 0 Å². The van der Waals surface area contributed by atoms with Crippen molar-refractivity contribution in [2.75, 3.05) is 52.9 Å². The monoisotopic (exact) mass is 501 g/mol. The van der Waals surface area contributed by atoms with Gasteiger partial charge < -0.3 is 23.4 Å². The van der Waals surface area contributed by atoms with Crippen molar-refractivity contribution in [3.05, 3.63) is 7.43 Å². The van der Waals surface area contributed by atoms with Crippen molar-refractivity contribution < 1.29 is 4.99 Å². The average Bonchev–Trinajstić information content (AvgIpc) is 2.82. The molecule has 0 heterocycles. The van der Waals surface area contributed by atoms with Crippen LogP contribution in [0.4, 0.5) is 0 Å². The highest BCUT2D eigenvalue weighted by molar-refractivity contribution is 5.71. The Morgan fingerprint density at radius 3 is 1.43 bits per heavy atom. The summed E-state index contributed by atoms with van der Waals surface area (Å²) in [6, 6.07) is 0. The molecule has 0 rings (SSSR count). The van der Waals surface area contributed by atoms with Gasteiger partial charge in [-0.05, 0) is 84.7 Å². The van der Waals surface area contributed by atoms with Crippen LogP contribution in [0.3, 0.4) is 0 Å². The summed E-state index contributed by atoms with van der Waals surface area (Å²) >= 11 is 0. The third kappa shape index (κ3) is 35.4. The van der Waals surface area contributed by atoms with Crippen LogP contribution in [0, 0.1) is 7.43 Å². The van der Waals surface area contributed by atoms with E-state index in [1.807, 2.05) is 7.05 Å². The molecule has 7 N–H and O–H groups in total. The lowest BCUT2D eigenvalue weighted by atomic mass is 10.1. The van der Waals surface area contributed by atoms with Crippen LogP contribution in [0.25, 0.3) is 0 Å². The highest BCUT2D eigenvalue weighted by Crippen LogP contribution is 2.02. The van der Waals surface area contributed by atoms with Crippen molar-refractivity contribution in [1.82, 2.24) is 21.3 Å². The lowest BCUT2D eigenvalue weighted by Crippen LogP contribution is -2.78. The van der Waals surface area contributed by atoms with Crippen molar-refractivity contribution in [3.8, 4) is 0 Å². The van der Waals surface area contributed by atoms with E-state index in [0.29, 0.717) is 0 Å². The largest absolute Gasteiger partial charge is 0.358 e. The molecule has 0 saturated heterocycles. The van der Waals surface area contributed by atoms with Crippen molar-refractivity contribution >= 4 is 5.96 Å². The van der Waals surface area contributed by atoms with Crippen molar-refractivity contribution in [3.63, 3.8) is 0 Å². The molecule has 0 aliphatic carbocycles. The topological polar surface area (TPSA) is 88.1 Å². The molecule has 0 saturated carbocycles. The maximum Gasteiger partial charge on any atom is 0.341 e. The molecule has 0 aromatic rings. The van der Waals surface area contributed by atoms with Crippen LogP contribution < -0.4 is 32.0 Å². The van der Waals surface area contributed by atoms with E-state index in [2.05, 4.69) is 33.2 Å². The minimum Gasteiger partial charge on any atom is -0.358 e. The van der Waals surface area contributed by atoms with Gasteiger partial charge in [-0.25, -0.2) is 0 Å². The highest BCUT2D eigenvalue weighted by Gasteiger charge is 1.98. The van der Waals surface area contributed by atoms with Gasteiger partial charge in [0.25, 0.3) is 0 Å². The molecule has 0 bridgehead atoms. The highest BCUT2D eigenvalue weighted by atomic mass is 15.1. The van der Waals surface area contributed by atoms with Crippen LogP contribution >= 0.6 is 0 Å². The second-order valence-corrected chi connectivity index (χ2v) is 9.53. The van der Waals surface area contributed by atoms with E-state index in [0.717, 1.165) is 32.1 Å². The van der Waals surface area contributed by atoms with Crippen LogP contribution in [-0.2, 0) is 0 Å². The zero-order valence-electron chi connectivity index (χ0n) is 23.5. The smallest absolute Gasteiger partial charge is 0.341 e. The molecule has 0 spiro atoms. The summed E-state index contributed by atoms with van der Waals surface area (Å²) in [6.45, 7) is 10.1. The molecule has 0 atom stereocenters. The Labute approximate surface area is 221 Å². The van der Waals surface area contributed by atoms with Gasteiger partial charge in [-0.15, -0.1) is 0 Å². The number of unbranched alkanes of at least 4 members (excludes halogenated alkanes) is 13. The molecule has 35 heavy (non-hydrogen) atoms. The third-order valence-corrected chi connectivity index (χ3v) is 6.18. The van der Waals surface area contributed by atoms with Crippen LogP contribution in [0.15, 0.2) is 0 Å². The fourth-order valence-electron chi connectivity index (χ4n) is 3.97. The average molecular weight is 501 g/mol. The maximum absolute atomic E-state index is 6.03. The van der Waals surface area contributed by atoms with E-state index in [1.165, 1.54) is 129 Å². The quantitative estimate of drug-likeness (QED) is 0.0442. The molecule has 214 valence electrons. The fraction of sp³-hybridized carbons (Fsp3) is 0.931. The lowest BCUT2D eigenvalue weighted by molar-refractivity contribution is -0.461. The van der Waals surface area contributed by atoms with Crippen molar-refractivity contribution in [2.45, 2.75) is 124 Å². The van der Waals surface area contributed by atoms with Crippen LogP contribution in [0.1, 0.15) is 124 Å². The van der Waals surface area contributed by atoms with Gasteiger partial charge >= 0.3 is 5.96 Å². The normalized spacial score (nSPS) is 11.2. The zero-order valence-corrected chi connectivity index (χ0v) is 23.5. The maximum atomic E-state index is 6.03. The van der Waals surface area contributed by atoms with Gasteiger partial charge in [-0.1, -0.05) is 78.6 Å². The predicted molar refractivity (Wildman–Crippen MR) is 160 cm³/mol. The van der Waals surface area contributed by atoms with E-state index in [9.17, 15) is 0 Å². The van der Waals surface area contributed by atoms with Crippen LogP contribution in [0.2, 0.25) is 0 Å². The Balaban J connectivity index is -0.00000512. The summed E-state index contributed by atoms with van der Waals surface area (Å²) in [5.41, 5.74) is 6.03. The molecule has 0 aromatic heterocycles. The summed E-state index contributed by atoms with van der Waals surface area (Å²) in [5, 5.41) is 13.7. The van der Waals surface area contributed by atoms with Crippen molar-refractivity contribution in [1.29, 1.82) is 0 Å². The Kier molecular flexibility index (Phi) is 39.0. The molecular weight excluding hydrogens is 432 g/mol. The number of hydrogen-bond donors (Lipinski definition) is 6. The molecule has 0 aromatic carbocycles. The van der Waals surface area contributed by atoms with Gasteiger partial charge in [0.2, 0.25) is 0 Å². The second-order valence-electron chi connectivity index (χ2n) is 9.53. The Bertz CT molecular complexity index is 389. The third-order valence-electron chi connectivity index (χ3n) is 6.18. The number of guanidine groups is 1. The first-order valence-electron chi connectivity index (χ1n) is 14.5. The van der Waals surface area contributed by atoms with E-state index in [-0.39, 0.29) is 14.9 Å². The Hall–Kier alpha value is -0.850. The molecule has 0 amide bonds. The fourth-order valence-corrected chi connectivity index (χ4v) is 3.97. The molecule has 6 heteroatoms.